The molecule has 4 amide bonds. The van der Waals surface area contributed by atoms with E-state index in [2.05, 4.69) is 20.9 Å². The van der Waals surface area contributed by atoms with E-state index in [1.165, 1.54) is 0 Å². The van der Waals surface area contributed by atoms with E-state index in [0.29, 0.717) is 18.5 Å². The van der Waals surface area contributed by atoms with Gasteiger partial charge in [-0.25, -0.2) is 0 Å². The first-order valence-corrected chi connectivity index (χ1v) is 14.0. The molecule has 3 atom stereocenters. The predicted molar refractivity (Wildman–Crippen MR) is 163 cm³/mol. The molecule has 0 aliphatic rings. The van der Waals surface area contributed by atoms with Gasteiger partial charge < -0.3 is 25.8 Å². The molecule has 4 aromatic rings. The Balaban J connectivity index is 1.41. The van der Waals surface area contributed by atoms with Crippen molar-refractivity contribution in [2.75, 3.05) is 13.6 Å². The third kappa shape index (κ3) is 7.84. The van der Waals surface area contributed by atoms with Gasteiger partial charge >= 0.3 is 0 Å². The monoisotopic (exact) mass is 567 g/mol. The Bertz CT molecular complexity index is 1520. The molecule has 42 heavy (non-hydrogen) atoms. The quantitative estimate of drug-likeness (QED) is 0.210. The van der Waals surface area contributed by atoms with Crippen molar-refractivity contribution >= 4 is 34.5 Å². The van der Waals surface area contributed by atoms with E-state index < -0.39 is 35.8 Å². The van der Waals surface area contributed by atoms with Crippen molar-refractivity contribution in [1.82, 2.24) is 25.8 Å². The summed E-state index contributed by atoms with van der Waals surface area (Å²) in [6.07, 6.45) is 2.80. The van der Waals surface area contributed by atoms with Gasteiger partial charge in [0.1, 0.15) is 18.1 Å². The number of para-hydroxylation sites is 1. The molecule has 9 heteroatoms. The van der Waals surface area contributed by atoms with Crippen LogP contribution >= 0.6 is 0 Å². The molecular weight excluding hydrogens is 530 g/mol. The number of carbonyl (C=O) groups excluding carboxylic acids is 4. The molecule has 1 aromatic heterocycles. The fraction of sp³-hybridized carbons (Fsp3) is 0.273. The minimum Gasteiger partial charge on any atom is -0.361 e. The second kappa shape index (κ2) is 14.1. The van der Waals surface area contributed by atoms with E-state index in [1.54, 1.807) is 56.1 Å². The number of rotatable bonds is 12. The minimum absolute atomic E-state index is 0.230. The first kappa shape index (κ1) is 30.0. The van der Waals surface area contributed by atoms with Crippen LogP contribution in [0.15, 0.2) is 91.1 Å². The molecular formula is C33H37N5O4. The Hall–Kier alpha value is -4.92. The van der Waals surface area contributed by atoms with E-state index in [-0.39, 0.29) is 12.3 Å². The molecule has 0 radical (unpaired) electrons. The van der Waals surface area contributed by atoms with E-state index >= 15 is 0 Å². The Labute approximate surface area is 245 Å². The van der Waals surface area contributed by atoms with Gasteiger partial charge in [0.2, 0.25) is 17.7 Å². The smallest absolute Gasteiger partial charge is 0.251 e. The van der Waals surface area contributed by atoms with Crippen LogP contribution in [0.1, 0.15) is 35.3 Å². The predicted octanol–water partition coefficient (Wildman–Crippen LogP) is 3.22. The van der Waals surface area contributed by atoms with Crippen LogP contribution in [0.3, 0.4) is 0 Å². The molecule has 3 aromatic carbocycles. The van der Waals surface area contributed by atoms with Gasteiger partial charge in [-0.3, -0.25) is 19.2 Å². The zero-order valence-corrected chi connectivity index (χ0v) is 24.1. The number of amides is 4. The summed E-state index contributed by atoms with van der Waals surface area (Å²) in [5.41, 5.74) is 3.38. The summed E-state index contributed by atoms with van der Waals surface area (Å²) in [4.78, 5) is 57.0. The van der Waals surface area contributed by atoms with Gasteiger partial charge in [-0.05, 0) is 49.6 Å². The maximum Gasteiger partial charge on any atom is 0.251 e. The standard InChI is InChI=1S/C33H37N5O4/c1-22(36-32(41)25-14-8-5-9-15-25)30(39)35-23(2)31(40)37-29(20-26-21-34-28-17-11-10-16-27(26)28)33(42)38(3)19-18-24-12-6-4-7-13-24/h4-17,21-23,29,34H,18-20H2,1-3H3,(H,35,39)(H,36,41)(H,37,40)/t22-,23-,29+/m0/s1. The van der Waals surface area contributed by atoms with Gasteiger partial charge in [-0.2, -0.15) is 0 Å². The van der Waals surface area contributed by atoms with Crippen LogP contribution in [-0.2, 0) is 27.2 Å². The zero-order chi connectivity index (χ0) is 30.1. The Morgan fingerprint density at radius 3 is 2.07 bits per heavy atom. The average Bonchev–Trinajstić information content (AvgIpc) is 3.42. The highest BCUT2D eigenvalue weighted by molar-refractivity contribution is 5.98. The van der Waals surface area contributed by atoms with Crippen LogP contribution in [0.4, 0.5) is 0 Å². The highest BCUT2D eigenvalue weighted by Crippen LogP contribution is 2.20. The fourth-order valence-electron chi connectivity index (χ4n) is 4.67. The lowest BCUT2D eigenvalue weighted by Crippen LogP contribution is -2.56. The Kier molecular flexibility index (Phi) is 10.1. The summed E-state index contributed by atoms with van der Waals surface area (Å²) in [5.74, 6) is -1.63. The van der Waals surface area contributed by atoms with Crippen molar-refractivity contribution in [2.24, 2.45) is 0 Å². The molecule has 4 N–H and O–H groups in total. The van der Waals surface area contributed by atoms with Gasteiger partial charge in [0.25, 0.3) is 5.91 Å². The summed E-state index contributed by atoms with van der Waals surface area (Å²) < 4.78 is 0. The molecule has 0 fully saturated rings. The number of H-pyrrole nitrogens is 1. The van der Waals surface area contributed by atoms with Crippen molar-refractivity contribution in [3.8, 4) is 0 Å². The Morgan fingerprint density at radius 1 is 0.762 bits per heavy atom. The third-order valence-corrected chi connectivity index (χ3v) is 7.20. The summed E-state index contributed by atoms with van der Waals surface area (Å²) >= 11 is 0. The van der Waals surface area contributed by atoms with Crippen molar-refractivity contribution in [2.45, 2.75) is 44.8 Å². The molecule has 9 nitrogen and oxygen atoms in total. The van der Waals surface area contributed by atoms with Crippen LogP contribution in [0.2, 0.25) is 0 Å². The first-order valence-electron chi connectivity index (χ1n) is 14.0. The molecule has 0 spiro atoms. The molecule has 0 saturated heterocycles. The molecule has 0 unspecified atom stereocenters. The number of benzene rings is 3. The summed E-state index contributed by atoms with van der Waals surface area (Å²) in [5, 5.41) is 9.13. The SMILES string of the molecule is C[C@H](NC(=O)c1ccccc1)C(=O)N[C@@H](C)C(=O)N[C@H](Cc1c[nH]c2ccccc12)C(=O)N(C)CCc1ccccc1. The third-order valence-electron chi connectivity index (χ3n) is 7.20. The number of fused-ring (bicyclic) bond motifs is 1. The molecule has 0 aliphatic heterocycles. The number of likely N-dealkylation sites (N-methyl/N-ethyl adjacent to an activating group) is 1. The second-order valence-corrected chi connectivity index (χ2v) is 10.4. The van der Waals surface area contributed by atoms with Gasteiger partial charge in [0.15, 0.2) is 0 Å². The number of hydrogen-bond donors (Lipinski definition) is 4. The highest BCUT2D eigenvalue weighted by Gasteiger charge is 2.28. The molecule has 0 bridgehead atoms. The normalized spacial score (nSPS) is 13.0. The summed E-state index contributed by atoms with van der Waals surface area (Å²) in [7, 11) is 1.72. The topological polar surface area (TPSA) is 123 Å². The lowest BCUT2D eigenvalue weighted by atomic mass is 10.0. The number of aromatic amines is 1. The molecule has 4 rings (SSSR count). The van der Waals surface area contributed by atoms with Crippen LogP contribution in [0.5, 0.6) is 0 Å². The fourth-order valence-corrected chi connectivity index (χ4v) is 4.67. The van der Waals surface area contributed by atoms with Crippen LogP contribution in [-0.4, -0.2) is 65.2 Å². The molecule has 1 heterocycles. The summed E-state index contributed by atoms with van der Waals surface area (Å²) in [6, 6.07) is 23.6. The number of nitrogens with zero attached hydrogens (tertiary/aromatic N) is 1. The van der Waals surface area contributed by atoms with Crippen LogP contribution < -0.4 is 16.0 Å². The number of aromatic nitrogens is 1. The number of carbonyl (C=O) groups is 4. The second-order valence-electron chi connectivity index (χ2n) is 10.4. The summed E-state index contributed by atoms with van der Waals surface area (Å²) in [6.45, 7) is 3.57. The van der Waals surface area contributed by atoms with Crippen molar-refractivity contribution in [3.05, 3.63) is 108 Å². The highest BCUT2D eigenvalue weighted by atomic mass is 16.2. The van der Waals surface area contributed by atoms with Crippen LogP contribution in [0, 0.1) is 0 Å². The van der Waals surface area contributed by atoms with Gasteiger partial charge in [0.05, 0.1) is 0 Å². The van der Waals surface area contributed by atoms with Crippen molar-refractivity contribution < 1.29 is 19.2 Å². The number of nitrogens with one attached hydrogen (secondary N) is 4. The van der Waals surface area contributed by atoms with Crippen molar-refractivity contribution in [3.63, 3.8) is 0 Å². The lowest BCUT2D eigenvalue weighted by Gasteiger charge is -2.26. The van der Waals surface area contributed by atoms with Crippen molar-refractivity contribution in [1.29, 1.82) is 0 Å². The Morgan fingerprint density at radius 2 is 1.36 bits per heavy atom. The van der Waals surface area contributed by atoms with E-state index in [0.717, 1.165) is 22.0 Å². The van der Waals surface area contributed by atoms with Gasteiger partial charge in [0, 0.05) is 42.7 Å². The maximum absolute atomic E-state index is 13.6. The van der Waals surface area contributed by atoms with Crippen LogP contribution in [0.25, 0.3) is 10.9 Å². The zero-order valence-electron chi connectivity index (χ0n) is 24.1. The lowest BCUT2D eigenvalue weighted by molar-refractivity contribution is -0.136. The first-order chi connectivity index (χ1) is 20.2. The van der Waals surface area contributed by atoms with Gasteiger partial charge in [-0.15, -0.1) is 0 Å². The number of hydrogen-bond acceptors (Lipinski definition) is 4. The van der Waals surface area contributed by atoms with Gasteiger partial charge in [-0.1, -0.05) is 66.7 Å². The maximum atomic E-state index is 13.6. The minimum atomic E-state index is -0.943. The van der Waals surface area contributed by atoms with E-state index in [9.17, 15) is 19.2 Å². The van der Waals surface area contributed by atoms with E-state index in [4.69, 9.17) is 0 Å². The molecule has 218 valence electrons. The molecule has 0 aliphatic carbocycles. The largest absolute Gasteiger partial charge is 0.361 e. The molecule has 0 saturated carbocycles. The average molecular weight is 568 g/mol. The van der Waals surface area contributed by atoms with E-state index in [1.807, 2.05) is 60.8 Å².